The molecule has 1 aliphatic rings. The highest BCUT2D eigenvalue weighted by Gasteiger charge is 2.22. The van der Waals surface area contributed by atoms with Crippen molar-refractivity contribution in [2.24, 2.45) is 0 Å². The Morgan fingerprint density at radius 1 is 1.24 bits per heavy atom. The minimum absolute atomic E-state index is 0.0372. The lowest BCUT2D eigenvalue weighted by molar-refractivity contribution is 0.0717. The van der Waals surface area contributed by atoms with Gasteiger partial charge in [-0.05, 0) is 31.9 Å². The normalized spacial score (nSPS) is 16.3. The Morgan fingerprint density at radius 2 is 1.90 bits per heavy atom. The van der Waals surface area contributed by atoms with Gasteiger partial charge in [0.2, 0.25) is 0 Å². The number of benzene rings is 1. The summed E-state index contributed by atoms with van der Waals surface area (Å²) in [7, 11) is 1.90. The molecule has 0 atom stereocenters. The molecule has 2 N–H and O–H groups in total. The van der Waals surface area contributed by atoms with Gasteiger partial charge in [0.05, 0.1) is 6.61 Å². The van der Waals surface area contributed by atoms with E-state index in [0.29, 0.717) is 29.6 Å². The van der Waals surface area contributed by atoms with Crippen LogP contribution in [0.4, 0.5) is 5.69 Å². The number of anilines is 1. The fourth-order valence-electron chi connectivity index (χ4n) is 3.01. The predicted octanol–water partition coefficient (Wildman–Crippen LogP) is 3.46. The third-order valence-corrected chi connectivity index (χ3v) is 4.18. The molecule has 0 bridgehead atoms. The van der Waals surface area contributed by atoms with Crippen LogP contribution < -0.4 is 10.5 Å². The summed E-state index contributed by atoms with van der Waals surface area (Å²) in [6, 6.07) is 5.62. The highest BCUT2D eigenvalue weighted by molar-refractivity contribution is 5.95. The number of nitrogen functional groups attached to an aromatic ring is 1. The zero-order valence-corrected chi connectivity index (χ0v) is 13.1. The summed E-state index contributed by atoms with van der Waals surface area (Å²) >= 11 is 0. The van der Waals surface area contributed by atoms with Crippen LogP contribution >= 0.6 is 0 Å². The van der Waals surface area contributed by atoms with Crippen LogP contribution in [-0.2, 0) is 0 Å². The smallest absolute Gasteiger partial charge is 0.254 e. The number of nitrogens with two attached hydrogens (primary N) is 1. The van der Waals surface area contributed by atoms with E-state index in [4.69, 9.17) is 10.5 Å². The zero-order chi connectivity index (χ0) is 15.2. The summed E-state index contributed by atoms with van der Waals surface area (Å²) in [6.45, 7) is 2.48. The van der Waals surface area contributed by atoms with E-state index in [0.717, 1.165) is 12.8 Å². The molecule has 1 saturated carbocycles. The predicted molar refractivity (Wildman–Crippen MR) is 85.6 cm³/mol. The maximum Gasteiger partial charge on any atom is 0.254 e. The number of hydrogen-bond donors (Lipinski definition) is 1. The minimum Gasteiger partial charge on any atom is -0.494 e. The molecular weight excluding hydrogens is 264 g/mol. The molecule has 4 nitrogen and oxygen atoms in total. The van der Waals surface area contributed by atoms with E-state index in [1.54, 1.807) is 18.2 Å². The summed E-state index contributed by atoms with van der Waals surface area (Å²) in [4.78, 5) is 14.6. The van der Waals surface area contributed by atoms with Crippen molar-refractivity contribution in [2.45, 2.75) is 51.5 Å². The molecule has 0 radical (unpaired) electrons. The lowest BCUT2D eigenvalue weighted by Gasteiger charge is -2.27. The van der Waals surface area contributed by atoms with E-state index in [1.807, 2.05) is 18.9 Å². The summed E-state index contributed by atoms with van der Waals surface area (Å²) < 4.78 is 5.47. The molecule has 0 unspecified atom stereocenters. The first-order valence-corrected chi connectivity index (χ1v) is 7.92. The van der Waals surface area contributed by atoms with E-state index >= 15 is 0 Å². The van der Waals surface area contributed by atoms with Gasteiger partial charge < -0.3 is 15.4 Å². The van der Waals surface area contributed by atoms with Crippen LogP contribution in [0.1, 0.15) is 55.8 Å². The van der Waals surface area contributed by atoms with E-state index in [9.17, 15) is 4.79 Å². The number of hydrogen-bond acceptors (Lipinski definition) is 3. The van der Waals surface area contributed by atoms with Crippen LogP contribution in [-0.4, -0.2) is 30.5 Å². The number of amides is 1. The van der Waals surface area contributed by atoms with Crippen molar-refractivity contribution in [1.82, 2.24) is 4.90 Å². The Balaban J connectivity index is 2.14. The maximum absolute atomic E-state index is 12.7. The quantitative estimate of drug-likeness (QED) is 0.682. The lowest BCUT2D eigenvalue weighted by Crippen LogP contribution is -2.36. The molecule has 1 aromatic rings. The molecule has 0 aromatic heterocycles. The summed E-state index contributed by atoms with van der Waals surface area (Å²) in [5.41, 5.74) is 7.06. The first-order chi connectivity index (χ1) is 10.1. The Hall–Kier alpha value is -1.71. The molecule has 0 saturated heterocycles. The molecule has 1 fully saturated rings. The van der Waals surface area contributed by atoms with Crippen LogP contribution in [0.3, 0.4) is 0 Å². The van der Waals surface area contributed by atoms with Gasteiger partial charge in [-0.2, -0.15) is 0 Å². The monoisotopic (exact) mass is 290 g/mol. The van der Waals surface area contributed by atoms with Gasteiger partial charge in [0.15, 0.2) is 0 Å². The molecular formula is C17H26N2O2. The van der Waals surface area contributed by atoms with Crippen LogP contribution in [0, 0.1) is 0 Å². The fourth-order valence-corrected chi connectivity index (χ4v) is 3.01. The summed E-state index contributed by atoms with van der Waals surface area (Å²) in [5, 5.41) is 0. The second-order valence-electron chi connectivity index (χ2n) is 5.79. The molecule has 0 aliphatic heterocycles. The SMILES string of the molecule is CCOc1cc(N)cc(C(=O)N(C)C2CCCCCC2)c1. The molecule has 0 spiro atoms. The van der Waals surface area contributed by atoms with Crippen molar-refractivity contribution in [3.8, 4) is 5.75 Å². The van der Waals surface area contributed by atoms with Crippen molar-refractivity contribution in [3.63, 3.8) is 0 Å². The number of carbonyl (C=O) groups excluding carboxylic acids is 1. The molecule has 1 amide bonds. The molecule has 4 heteroatoms. The average molecular weight is 290 g/mol. The molecule has 0 heterocycles. The van der Waals surface area contributed by atoms with Crippen molar-refractivity contribution in [2.75, 3.05) is 19.4 Å². The van der Waals surface area contributed by atoms with Crippen molar-refractivity contribution in [1.29, 1.82) is 0 Å². The minimum atomic E-state index is 0.0372. The molecule has 1 aliphatic carbocycles. The van der Waals surface area contributed by atoms with Gasteiger partial charge in [0.1, 0.15) is 5.75 Å². The number of ether oxygens (including phenoxy) is 1. The van der Waals surface area contributed by atoms with E-state index in [-0.39, 0.29) is 5.91 Å². The number of nitrogens with zero attached hydrogens (tertiary/aromatic N) is 1. The van der Waals surface area contributed by atoms with Crippen LogP contribution in [0.15, 0.2) is 18.2 Å². The van der Waals surface area contributed by atoms with Gasteiger partial charge in [-0.15, -0.1) is 0 Å². The van der Waals surface area contributed by atoms with Gasteiger partial charge >= 0.3 is 0 Å². The second-order valence-corrected chi connectivity index (χ2v) is 5.79. The van der Waals surface area contributed by atoms with Gasteiger partial charge in [-0.25, -0.2) is 0 Å². The van der Waals surface area contributed by atoms with Crippen LogP contribution in [0.2, 0.25) is 0 Å². The van der Waals surface area contributed by atoms with E-state index in [1.165, 1.54) is 25.7 Å². The summed E-state index contributed by atoms with van der Waals surface area (Å²) in [5.74, 6) is 0.699. The van der Waals surface area contributed by atoms with Gasteiger partial charge in [0.25, 0.3) is 5.91 Å². The Bertz CT molecular complexity index is 480. The fraction of sp³-hybridized carbons (Fsp3) is 0.588. The number of rotatable bonds is 4. The average Bonchev–Trinajstić information content (AvgIpc) is 2.74. The van der Waals surface area contributed by atoms with Crippen molar-refractivity contribution < 1.29 is 9.53 Å². The molecule has 2 rings (SSSR count). The largest absolute Gasteiger partial charge is 0.494 e. The van der Waals surface area contributed by atoms with Crippen molar-refractivity contribution in [3.05, 3.63) is 23.8 Å². The Morgan fingerprint density at radius 3 is 2.52 bits per heavy atom. The first-order valence-electron chi connectivity index (χ1n) is 7.92. The molecule has 116 valence electrons. The second kappa shape index (κ2) is 7.34. The van der Waals surface area contributed by atoms with Gasteiger partial charge in [-0.3, -0.25) is 4.79 Å². The topological polar surface area (TPSA) is 55.6 Å². The molecule has 1 aromatic carbocycles. The third kappa shape index (κ3) is 4.13. The van der Waals surface area contributed by atoms with Crippen molar-refractivity contribution >= 4 is 11.6 Å². The Kier molecular flexibility index (Phi) is 5.48. The first kappa shape index (κ1) is 15.7. The third-order valence-electron chi connectivity index (χ3n) is 4.18. The van der Waals surface area contributed by atoms with Gasteiger partial charge in [0, 0.05) is 30.4 Å². The van der Waals surface area contributed by atoms with Crippen LogP contribution in [0.5, 0.6) is 5.75 Å². The molecule has 21 heavy (non-hydrogen) atoms. The standard InChI is InChI=1S/C17H26N2O2/c1-3-21-16-11-13(10-14(18)12-16)17(20)19(2)15-8-6-4-5-7-9-15/h10-12,15H,3-9,18H2,1-2H3. The Labute approximate surface area is 127 Å². The lowest BCUT2D eigenvalue weighted by atomic mass is 10.1. The number of carbonyl (C=O) groups is 1. The van der Waals surface area contributed by atoms with Crippen LogP contribution in [0.25, 0.3) is 0 Å². The maximum atomic E-state index is 12.7. The zero-order valence-electron chi connectivity index (χ0n) is 13.1. The summed E-state index contributed by atoms with van der Waals surface area (Å²) in [6.07, 6.45) is 7.19. The highest BCUT2D eigenvalue weighted by Crippen LogP contribution is 2.24. The van der Waals surface area contributed by atoms with E-state index < -0.39 is 0 Å². The van der Waals surface area contributed by atoms with Gasteiger partial charge in [-0.1, -0.05) is 25.7 Å². The van der Waals surface area contributed by atoms with E-state index in [2.05, 4.69) is 0 Å². The highest BCUT2D eigenvalue weighted by atomic mass is 16.5.